The third-order valence-electron chi connectivity index (χ3n) is 2.30. The number of halogens is 1. The highest BCUT2D eigenvalue weighted by molar-refractivity contribution is 9.10. The number of benzene rings is 1. The summed E-state index contributed by atoms with van der Waals surface area (Å²) >= 11 is 4.97. The Morgan fingerprint density at radius 2 is 2.13 bits per heavy atom. The molecular formula is C12H9BrOS. The highest BCUT2D eigenvalue weighted by Gasteiger charge is 2.12. The molecule has 2 aromatic rings. The molecule has 0 amide bonds. The van der Waals surface area contributed by atoms with Crippen LogP contribution in [0.15, 0.2) is 39.5 Å². The van der Waals surface area contributed by atoms with Crippen molar-refractivity contribution in [2.45, 2.75) is 6.92 Å². The molecule has 15 heavy (non-hydrogen) atoms. The van der Waals surface area contributed by atoms with E-state index in [1.165, 1.54) is 0 Å². The van der Waals surface area contributed by atoms with Crippen molar-refractivity contribution in [2.24, 2.45) is 0 Å². The Kier molecular flexibility index (Phi) is 3.03. The van der Waals surface area contributed by atoms with Crippen LogP contribution in [0, 0.1) is 6.92 Å². The van der Waals surface area contributed by atoms with Crippen LogP contribution in [0.25, 0.3) is 0 Å². The van der Waals surface area contributed by atoms with Crippen LogP contribution in [-0.4, -0.2) is 5.78 Å². The van der Waals surface area contributed by atoms with E-state index in [0.29, 0.717) is 0 Å². The largest absolute Gasteiger partial charge is 0.289 e. The maximum Gasteiger partial charge on any atom is 0.194 e. The molecule has 2 rings (SSSR count). The van der Waals surface area contributed by atoms with Gasteiger partial charge in [0.05, 0.1) is 0 Å². The molecule has 0 fully saturated rings. The van der Waals surface area contributed by atoms with Gasteiger partial charge < -0.3 is 0 Å². The van der Waals surface area contributed by atoms with Crippen molar-refractivity contribution in [1.29, 1.82) is 0 Å². The first-order valence-electron chi connectivity index (χ1n) is 4.52. The summed E-state index contributed by atoms with van der Waals surface area (Å²) in [6.07, 6.45) is 0. The van der Waals surface area contributed by atoms with Gasteiger partial charge in [-0.25, -0.2) is 0 Å². The van der Waals surface area contributed by atoms with Gasteiger partial charge in [-0.2, -0.15) is 11.3 Å². The normalized spacial score (nSPS) is 10.3. The summed E-state index contributed by atoms with van der Waals surface area (Å²) in [5.74, 6) is 0.0926. The molecule has 0 atom stereocenters. The number of carbonyl (C=O) groups is 1. The van der Waals surface area contributed by atoms with Gasteiger partial charge in [0.1, 0.15) is 0 Å². The second-order valence-corrected chi connectivity index (χ2v) is 4.89. The second-order valence-electron chi connectivity index (χ2n) is 3.25. The van der Waals surface area contributed by atoms with Gasteiger partial charge in [-0.1, -0.05) is 28.1 Å². The summed E-state index contributed by atoms with van der Waals surface area (Å²) in [5.41, 5.74) is 2.53. The number of hydrogen-bond acceptors (Lipinski definition) is 2. The second kappa shape index (κ2) is 4.29. The van der Waals surface area contributed by atoms with Crippen molar-refractivity contribution in [2.75, 3.05) is 0 Å². The summed E-state index contributed by atoms with van der Waals surface area (Å²) in [5, 5.41) is 3.79. The Morgan fingerprint density at radius 3 is 2.80 bits per heavy atom. The predicted octanol–water partition coefficient (Wildman–Crippen LogP) is 4.05. The minimum Gasteiger partial charge on any atom is -0.289 e. The fraction of sp³-hybridized carbons (Fsp3) is 0.0833. The van der Waals surface area contributed by atoms with E-state index in [2.05, 4.69) is 15.9 Å². The zero-order chi connectivity index (χ0) is 10.8. The van der Waals surface area contributed by atoms with Crippen LogP contribution in [0.4, 0.5) is 0 Å². The molecule has 1 heterocycles. The molecule has 0 spiro atoms. The zero-order valence-electron chi connectivity index (χ0n) is 8.16. The fourth-order valence-corrected chi connectivity index (χ4v) is 2.40. The highest BCUT2D eigenvalue weighted by Crippen LogP contribution is 2.22. The first kappa shape index (κ1) is 10.6. The molecule has 1 nitrogen and oxygen atoms in total. The van der Waals surface area contributed by atoms with Crippen LogP contribution in [-0.2, 0) is 0 Å². The van der Waals surface area contributed by atoms with Gasteiger partial charge in [0.2, 0.25) is 0 Å². The molecule has 0 saturated heterocycles. The van der Waals surface area contributed by atoms with Crippen LogP contribution in [0.1, 0.15) is 21.5 Å². The quantitative estimate of drug-likeness (QED) is 0.759. The Morgan fingerprint density at radius 1 is 1.33 bits per heavy atom. The minimum absolute atomic E-state index is 0.0926. The average molecular weight is 281 g/mol. The zero-order valence-corrected chi connectivity index (χ0v) is 10.6. The topological polar surface area (TPSA) is 17.1 Å². The van der Waals surface area contributed by atoms with Gasteiger partial charge in [-0.15, -0.1) is 0 Å². The summed E-state index contributed by atoms with van der Waals surface area (Å²) in [4.78, 5) is 12.1. The lowest BCUT2D eigenvalue weighted by molar-refractivity contribution is 0.103. The molecule has 0 bridgehead atoms. The molecule has 76 valence electrons. The SMILES string of the molecule is Cc1c(Br)cccc1C(=O)c1ccsc1. The van der Waals surface area contributed by atoms with E-state index in [9.17, 15) is 4.79 Å². The first-order chi connectivity index (χ1) is 7.20. The van der Waals surface area contributed by atoms with E-state index >= 15 is 0 Å². The van der Waals surface area contributed by atoms with Gasteiger partial charge >= 0.3 is 0 Å². The number of thiophene rings is 1. The van der Waals surface area contributed by atoms with Crippen molar-refractivity contribution in [3.8, 4) is 0 Å². The van der Waals surface area contributed by atoms with Gasteiger partial charge in [0.15, 0.2) is 5.78 Å². The van der Waals surface area contributed by atoms with Gasteiger partial charge in [-0.3, -0.25) is 4.79 Å². The van der Waals surface area contributed by atoms with Crippen molar-refractivity contribution in [1.82, 2.24) is 0 Å². The Balaban J connectivity index is 2.47. The first-order valence-corrected chi connectivity index (χ1v) is 6.26. The molecule has 1 aromatic heterocycles. The highest BCUT2D eigenvalue weighted by atomic mass is 79.9. The van der Waals surface area contributed by atoms with E-state index in [-0.39, 0.29) is 5.78 Å². The summed E-state index contributed by atoms with van der Waals surface area (Å²) in [6.45, 7) is 1.95. The van der Waals surface area contributed by atoms with Gasteiger partial charge in [0.25, 0.3) is 0 Å². The molecule has 1 aromatic carbocycles. The lowest BCUT2D eigenvalue weighted by Crippen LogP contribution is -2.02. The van der Waals surface area contributed by atoms with Gasteiger partial charge in [-0.05, 0) is 30.0 Å². The molecule has 0 aliphatic rings. The third kappa shape index (κ3) is 2.03. The summed E-state index contributed by atoms with van der Waals surface area (Å²) < 4.78 is 0.976. The van der Waals surface area contributed by atoms with E-state index in [0.717, 1.165) is 21.2 Å². The van der Waals surface area contributed by atoms with E-state index in [4.69, 9.17) is 0 Å². The molecule has 0 unspecified atom stereocenters. The fourth-order valence-electron chi connectivity index (χ4n) is 1.40. The van der Waals surface area contributed by atoms with E-state index < -0.39 is 0 Å². The average Bonchev–Trinajstić information content (AvgIpc) is 2.74. The Hall–Kier alpha value is -0.930. The predicted molar refractivity (Wildman–Crippen MR) is 66.6 cm³/mol. The monoisotopic (exact) mass is 280 g/mol. The summed E-state index contributed by atoms with van der Waals surface area (Å²) in [6, 6.07) is 7.55. The van der Waals surface area contributed by atoms with Crippen LogP contribution < -0.4 is 0 Å². The van der Waals surface area contributed by atoms with Crippen molar-refractivity contribution in [3.63, 3.8) is 0 Å². The van der Waals surface area contributed by atoms with Gasteiger partial charge in [0, 0.05) is 21.0 Å². The van der Waals surface area contributed by atoms with Crippen LogP contribution >= 0.6 is 27.3 Å². The number of carbonyl (C=O) groups excluding carboxylic acids is 1. The van der Waals surface area contributed by atoms with Crippen LogP contribution in [0.2, 0.25) is 0 Å². The maximum absolute atomic E-state index is 12.1. The summed E-state index contributed by atoms with van der Waals surface area (Å²) in [7, 11) is 0. The number of ketones is 1. The molecular weight excluding hydrogens is 272 g/mol. The minimum atomic E-state index is 0.0926. The smallest absolute Gasteiger partial charge is 0.194 e. The van der Waals surface area contributed by atoms with Crippen LogP contribution in [0.5, 0.6) is 0 Å². The van der Waals surface area contributed by atoms with Crippen molar-refractivity contribution < 1.29 is 4.79 Å². The van der Waals surface area contributed by atoms with Crippen molar-refractivity contribution in [3.05, 3.63) is 56.2 Å². The maximum atomic E-state index is 12.1. The van der Waals surface area contributed by atoms with E-state index in [1.807, 2.05) is 41.9 Å². The molecule has 0 aliphatic carbocycles. The molecule has 0 aliphatic heterocycles. The molecule has 0 saturated carbocycles. The lowest BCUT2D eigenvalue weighted by atomic mass is 10.0. The standard InChI is InChI=1S/C12H9BrOS/c1-8-10(3-2-4-11(8)13)12(14)9-5-6-15-7-9/h2-7H,1H3. The molecule has 3 heteroatoms. The third-order valence-corrected chi connectivity index (χ3v) is 3.84. The van der Waals surface area contributed by atoms with E-state index in [1.54, 1.807) is 11.3 Å². The lowest BCUT2D eigenvalue weighted by Gasteiger charge is -2.04. The number of hydrogen-bond donors (Lipinski definition) is 0. The van der Waals surface area contributed by atoms with Crippen LogP contribution in [0.3, 0.4) is 0 Å². The molecule has 0 N–H and O–H groups in total. The Bertz CT molecular complexity index is 488. The number of rotatable bonds is 2. The Labute approximate surface area is 101 Å². The van der Waals surface area contributed by atoms with Crippen molar-refractivity contribution >= 4 is 33.0 Å². The molecule has 0 radical (unpaired) electrons.